The van der Waals surface area contributed by atoms with Crippen LogP contribution in [0, 0.1) is 0 Å². The Morgan fingerprint density at radius 2 is 2.30 bits per heavy atom. The zero-order valence-corrected chi connectivity index (χ0v) is 13.8. The number of thiazole rings is 1. The van der Waals surface area contributed by atoms with Crippen LogP contribution in [-0.2, 0) is 16.0 Å². The fraction of sp³-hybridized carbons (Fsp3) is 0.333. The summed E-state index contributed by atoms with van der Waals surface area (Å²) in [7, 11) is 0. The summed E-state index contributed by atoms with van der Waals surface area (Å²) in [6.07, 6.45) is 3.95. The molecule has 3 heterocycles. The van der Waals surface area contributed by atoms with Crippen molar-refractivity contribution in [2.75, 3.05) is 11.5 Å². The van der Waals surface area contributed by atoms with Gasteiger partial charge in [-0.15, -0.1) is 11.3 Å². The SMILES string of the molecule is O=C(Cc1csc(-c2cccnc2)n1)NC1(C(=O)O)CCSC1. The molecule has 8 heteroatoms. The maximum atomic E-state index is 12.2. The van der Waals surface area contributed by atoms with Crippen molar-refractivity contribution in [3.8, 4) is 10.6 Å². The fourth-order valence-electron chi connectivity index (χ4n) is 2.37. The minimum Gasteiger partial charge on any atom is -0.479 e. The largest absolute Gasteiger partial charge is 0.479 e. The molecule has 1 atom stereocenters. The molecule has 23 heavy (non-hydrogen) atoms. The number of hydrogen-bond acceptors (Lipinski definition) is 6. The van der Waals surface area contributed by atoms with E-state index in [0.717, 1.165) is 16.3 Å². The van der Waals surface area contributed by atoms with Crippen LogP contribution in [0.1, 0.15) is 12.1 Å². The van der Waals surface area contributed by atoms with Crippen LogP contribution in [0.4, 0.5) is 0 Å². The second-order valence-corrected chi connectivity index (χ2v) is 7.26. The van der Waals surface area contributed by atoms with Crippen molar-refractivity contribution in [1.29, 1.82) is 0 Å². The molecule has 2 N–H and O–H groups in total. The summed E-state index contributed by atoms with van der Waals surface area (Å²) >= 11 is 2.98. The molecule has 0 bridgehead atoms. The summed E-state index contributed by atoms with van der Waals surface area (Å²) < 4.78 is 0. The van der Waals surface area contributed by atoms with Crippen molar-refractivity contribution in [3.05, 3.63) is 35.6 Å². The monoisotopic (exact) mass is 349 g/mol. The van der Waals surface area contributed by atoms with Crippen molar-refractivity contribution in [2.24, 2.45) is 0 Å². The average Bonchev–Trinajstić information content (AvgIpc) is 3.18. The quantitative estimate of drug-likeness (QED) is 0.855. The Balaban J connectivity index is 1.67. The minimum absolute atomic E-state index is 0.0798. The van der Waals surface area contributed by atoms with E-state index in [1.807, 2.05) is 17.5 Å². The number of nitrogens with zero attached hydrogens (tertiary/aromatic N) is 2. The smallest absolute Gasteiger partial charge is 0.330 e. The van der Waals surface area contributed by atoms with E-state index in [1.165, 1.54) is 11.3 Å². The number of carbonyl (C=O) groups is 2. The first-order valence-electron chi connectivity index (χ1n) is 7.06. The molecule has 1 saturated heterocycles. The van der Waals surface area contributed by atoms with Gasteiger partial charge in [0.15, 0.2) is 0 Å². The van der Waals surface area contributed by atoms with Gasteiger partial charge in [-0.25, -0.2) is 9.78 Å². The van der Waals surface area contributed by atoms with Crippen LogP contribution in [0.15, 0.2) is 29.9 Å². The van der Waals surface area contributed by atoms with E-state index in [4.69, 9.17) is 0 Å². The lowest BCUT2D eigenvalue weighted by Gasteiger charge is -2.24. The predicted octanol–water partition coefficient (Wildman–Crippen LogP) is 1.82. The third kappa shape index (κ3) is 3.53. The summed E-state index contributed by atoms with van der Waals surface area (Å²) in [4.78, 5) is 32.1. The zero-order valence-electron chi connectivity index (χ0n) is 12.2. The highest BCUT2D eigenvalue weighted by atomic mass is 32.2. The van der Waals surface area contributed by atoms with Gasteiger partial charge in [-0.05, 0) is 24.3 Å². The normalized spacial score (nSPS) is 20.3. The Labute approximate surface area is 141 Å². The van der Waals surface area contributed by atoms with Crippen molar-refractivity contribution in [1.82, 2.24) is 15.3 Å². The molecular weight excluding hydrogens is 334 g/mol. The van der Waals surface area contributed by atoms with Crippen molar-refractivity contribution in [3.63, 3.8) is 0 Å². The van der Waals surface area contributed by atoms with E-state index in [1.54, 1.807) is 24.2 Å². The second kappa shape index (κ2) is 6.67. The standard InChI is InChI=1S/C15H15N3O3S2/c19-12(18-15(14(20)21)3-5-22-9-15)6-11-8-23-13(17-11)10-2-1-4-16-7-10/h1-2,4,7-8H,3,5-6,9H2,(H,18,19)(H,20,21). The van der Waals surface area contributed by atoms with E-state index >= 15 is 0 Å². The highest BCUT2D eigenvalue weighted by molar-refractivity contribution is 7.99. The summed E-state index contributed by atoms with van der Waals surface area (Å²) in [5.41, 5.74) is 0.403. The van der Waals surface area contributed by atoms with E-state index in [0.29, 0.717) is 17.9 Å². The first-order chi connectivity index (χ1) is 11.1. The third-order valence-electron chi connectivity index (χ3n) is 3.61. The molecule has 1 aliphatic rings. The van der Waals surface area contributed by atoms with E-state index in [2.05, 4.69) is 15.3 Å². The highest BCUT2D eigenvalue weighted by Gasteiger charge is 2.43. The van der Waals surface area contributed by atoms with Gasteiger partial charge in [-0.1, -0.05) is 0 Å². The highest BCUT2D eigenvalue weighted by Crippen LogP contribution is 2.28. The number of thioether (sulfide) groups is 1. The lowest BCUT2D eigenvalue weighted by atomic mass is 9.99. The van der Waals surface area contributed by atoms with E-state index < -0.39 is 11.5 Å². The number of nitrogens with one attached hydrogen (secondary N) is 1. The molecule has 2 aromatic heterocycles. The average molecular weight is 349 g/mol. The molecule has 2 aromatic rings. The van der Waals surface area contributed by atoms with Gasteiger partial charge in [0.2, 0.25) is 5.91 Å². The van der Waals surface area contributed by atoms with E-state index in [-0.39, 0.29) is 12.3 Å². The Bertz CT molecular complexity index is 712. The van der Waals surface area contributed by atoms with Crippen molar-refractivity contribution >= 4 is 35.0 Å². The molecule has 1 unspecified atom stereocenters. The zero-order chi connectivity index (χ0) is 16.3. The maximum absolute atomic E-state index is 12.2. The van der Waals surface area contributed by atoms with Crippen LogP contribution in [0.3, 0.4) is 0 Å². The van der Waals surface area contributed by atoms with Crippen molar-refractivity contribution < 1.29 is 14.7 Å². The van der Waals surface area contributed by atoms with Crippen LogP contribution < -0.4 is 5.32 Å². The molecule has 0 aromatic carbocycles. The van der Waals surface area contributed by atoms with Gasteiger partial charge in [-0.2, -0.15) is 11.8 Å². The lowest BCUT2D eigenvalue weighted by Crippen LogP contribution is -2.55. The van der Waals surface area contributed by atoms with Crippen molar-refractivity contribution in [2.45, 2.75) is 18.4 Å². The Morgan fingerprint density at radius 3 is 2.96 bits per heavy atom. The number of aliphatic carboxylic acids is 1. The lowest BCUT2D eigenvalue weighted by molar-refractivity contribution is -0.146. The molecule has 6 nitrogen and oxygen atoms in total. The minimum atomic E-state index is -1.13. The Hall–Kier alpha value is -1.93. The Kier molecular flexibility index (Phi) is 4.63. The van der Waals surface area contributed by atoms with Crippen LogP contribution >= 0.6 is 23.1 Å². The number of carbonyl (C=O) groups excluding carboxylic acids is 1. The molecule has 1 amide bonds. The third-order valence-corrected chi connectivity index (χ3v) is 5.74. The molecule has 3 rings (SSSR count). The molecule has 120 valence electrons. The summed E-state index contributed by atoms with van der Waals surface area (Å²) in [6, 6.07) is 3.74. The van der Waals surface area contributed by atoms with Gasteiger partial charge in [0.05, 0.1) is 12.1 Å². The first kappa shape index (κ1) is 15.9. The number of carboxylic acid groups (broad SMARTS) is 1. The summed E-state index contributed by atoms with van der Waals surface area (Å²) in [5.74, 6) is -0.122. The second-order valence-electron chi connectivity index (χ2n) is 5.30. The maximum Gasteiger partial charge on any atom is 0.330 e. The van der Waals surface area contributed by atoms with E-state index in [9.17, 15) is 14.7 Å². The Morgan fingerprint density at radius 1 is 1.43 bits per heavy atom. The number of rotatable bonds is 5. The van der Waals surface area contributed by atoms with Crippen LogP contribution in [0.25, 0.3) is 10.6 Å². The summed E-state index contributed by atoms with van der Waals surface area (Å²) in [5, 5.41) is 14.7. The molecule has 0 spiro atoms. The number of amides is 1. The number of hydrogen-bond donors (Lipinski definition) is 2. The number of aromatic nitrogens is 2. The molecule has 1 aliphatic heterocycles. The summed E-state index contributed by atoms with van der Waals surface area (Å²) in [6.45, 7) is 0. The van der Waals surface area contributed by atoms with Gasteiger partial charge in [0.1, 0.15) is 10.5 Å². The van der Waals surface area contributed by atoms with Crippen LogP contribution in [0.2, 0.25) is 0 Å². The van der Waals surface area contributed by atoms with Gasteiger partial charge in [-0.3, -0.25) is 9.78 Å². The predicted molar refractivity (Wildman–Crippen MR) is 89.5 cm³/mol. The molecule has 0 aliphatic carbocycles. The van der Waals surface area contributed by atoms with Crippen LogP contribution in [0.5, 0.6) is 0 Å². The number of pyridine rings is 1. The number of carboxylic acids is 1. The fourth-order valence-corrected chi connectivity index (χ4v) is 4.51. The van der Waals surface area contributed by atoms with Gasteiger partial charge < -0.3 is 10.4 Å². The molecule has 1 fully saturated rings. The van der Waals surface area contributed by atoms with Crippen LogP contribution in [-0.4, -0.2) is 44.0 Å². The molecular formula is C15H15N3O3S2. The molecule has 0 saturated carbocycles. The molecule has 0 radical (unpaired) electrons. The first-order valence-corrected chi connectivity index (χ1v) is 9.09. The van der Waals surface area contributed by atoms with Gasteiger partial charge >= 0.3 is 5.97 Å². The topological polar surface area (TPSA) is 92.2 Å². The van der Waals surface area contributed by atoms with Gasteiger partial charge in [0, 0.05) is 29.1 Å². The van der Waals surface area contributed by atoms with Gasteiger partial charge in [0.25, 0.3) is 0 Å².